The zero-order chi connectivity index (χ0) is 20.9. The van der Waals surface area contributed by atoms with Crippen LogP contribution in [0.1, 0.15) is 35.9 Å². The maximum absolute atomic E-state index is 12.9. The fraction of sp³-hybridized carbons (Fsp3) is 0.263. The maximum atomic E-state index is 12.9. The van der Waals surface area contributed by atoms with Crippen molar-refractivity contribution < 1.29 is 22.7 Å². The van der Waals surface area contributed by atoms with Gasteiger partial charge in [-0.2, -0.15) is 0 Å². The number of carbonyl (C=O) groups excluding carboxylic acids is 2. The molecule has 0 radical (unpaired) electrons. The summed E-state index contributed by atoms with van der Waals surface area (Å²) in [6, 6.07) is 12.2. The monoisotopic (exact) mass is 424 g/mol. The predicted molar refractivity (Wildman–Crippen MR) is 105 cm³/mol. The van der Waals surface area contributed by atoms with Gasteiger partial charge in [0, 0.05) is 18.7 Å². The highest BCUT2D eigenvalue weighted by Gasteiger charge is 2.29. The number of carbonyl (C=O) groups is 2. The molecule has 0 aliphatic carbocycles. The minimum absolute atomic E-state index is 0.0818. The summed E-state index contributed by atoms with van der Waals surface area (Å²) in [5.74, 6) is -1.24. The van der Waals surface area contributed by atoms with Crippen LogP contribution in [0.4, 0.5) is 0 Å². The van der Waals surface area contributed by atoms with Crippen LogP contribution >= 0.6 is 11.6 Å². The molecule has 0 aliphatic rings. The lowest BCUT2D eigenvalue weighted by atomic mass is 10.1. The molecule has 2 rings (SSSR count). The number of likely N-dealkylation sites (N-methyl/N-ethyl adjacent to an activating group) is 1. The number of nitrogens with two attached hydrogens (primary N) is 1. The average Bonchev–Trinajstić information content (AvgIpc) is 2.66. The number of primary sulfonamides is 1. The van der Waals surface area contributed by atoms with E-state index >= 15 is 0 Å². The number of nitrogens with zero attached hydrogens (tertiary/aromatic N) is 1. The van der Waals surface area contributed by atoms with E-state index in [2.05, 4.69) is 0 Å². The van der Waals surface area contributed by atoms with Crippen LogP contribution in [-0.4, -0.2) is 38.3 Å². The Hall–Kier alpha value is -2.42. The van der Waals surface area contributed by atoms with E-state index in [4.69, 9.17) is 21.5 Å². The van der Waals surface area contributed by atoms with E-state index in [1.807, 2.05) is 13.8 Å². The third-order valence-corrected chi connectivity index (χ3v) is 5.49. The quantitative estimate of drug-likeness (QED) is 0.687. The van der Waals surface area contributed by atoms with Crippen LogP contribution in [0.2, 0.25) is 5.02 Å². The zero-order valence-electron chi connectivity index (χ0n) is 15.5. The normalized spacial score (nSPS) is 12.3. The number of sulfonamides is 1. The van der Waals surface area contributed by atoms with Crippen molar-refractivity contribution in [1.29, 1.82) is 0 Å². The lowest BCUT2D eigenvalue weighted by Crippen LogP contribution is -2.36. The van der Waals surface area contributed by atoms with Gasteiger partial charge in [-0.1, -0.05) is 41.9 Å². The van der Waals surface area contributed by atoms with Crippen LogP contribution < -0.4 is 5.14 Å². The third kappa shape index (κ3) is 5.09. The summed E-state index contributed by atoms with van der Waals surface area (Å²) >= 11 is 5.84. The van der Waals surface area contributed by atoms with Gasteiger partial charge in [0.05, 0.1) is 10.6 Å². The maximum Gasteiger partial charge on any atom is 0.339 e. The first-order chi connectivity index (χ1) is 13.2. The topological polar surface area (TPSA) is 107 Å². The fourth-order valence-corrected chi connectivity index (χ4v) is 3.68. The Morgan fingerprint density at radius 3 is 2.25 bits per heavy atom. The highest BCUT2D eigenvalue weighted by molar-refractivity contribution is 7.89. The Kier molecular flexibility index (Phi) is 7.17. The van der Waals surface area contributed by atoms with Gasteiger partial charge in [0.15, 0.2) is 0 Å². The first-order valence-electron chi connectivity index (χ1n) is 8.56. The van der Waals surface area contributed by atoms with E-state index in [0.29, 0.717) is 18.7 Å². The van der Waals surface area contributed by atoms with Gasteiger partial charge >= 0.3 is 5.97 Å². The van der Waals surface area contributed by atoms with Crippen molar-refractivity contribution in [3.05, 3.63) is 64.7 Å². The molecule has 1 atom stereocenters. The number of hydrogen-bond donors (Lipinski definition) is 1. The molecule has 150 valence electrons. The summed E-state index contributed by atoms with van der Waals surface area (Å²) in [4.78, 5) is 26.7. The van der Waals surface area contributed by atoms with Gasteiger partial charge in [0.1, 0.15) is 4.90 Å². The summed E-state index contributed by atoms with van der Waals surface area (Å²) in [5.41, 5.74) is 0.426. The van der Waals surface area contributed by atoms with E-state index in [0.717, 1.165) is 6.07 Å². The largest absolute Gasteiger partial charge is 0.444 e. The lowest BCUT2D eigenvalue weighted by Gasteiger charge is -2.25. The molecule has 2 aromatic carbocycles. The number of ether oxygens (including phenoxy) is 1. The standard InChI is InChI=1S/C19H21ClN2O5S/c1-3-22(4-2)18(23)17(13-8-6-5-7-9-13)27-19(24)14-10-11-15(20)16(12-14)28(21,25)26/h5-12,17H,3-4H2,1-2H3,(H2,21,25,26). The minimum atomic E-state index is -4.12. The second-order valence-electron chi connectivity index (χ2n) is 5.90. The summed E-state index contributed by atoms with van der Waals surface area (Å²) in [6.45, 7) is 4.55. The molecular weight excluding hydrogens is 404 g/mol. The van der Waals surface area contributed by atoms with E-state index < -0.39 is 27.0 Å². The van der Waals surface area contributed by atoms with Gasteiger partial charge in [0.2, 0.25) is 16.1 Å². The van der Waals surface area contributed by atoms with E-state index in [9.17, 15) is 18.0 Å². The second kappa shape index (κ2) is 9.18. The number of benzene rings is 2. The predicted octanol–water partition coefficient (Wildman–Crippen LogP) is 2.75. The van der Waals surface area contributed by atoms with Crippen LogP contribution in [-0.2, 0) is 19.6 Å². The Morgan fingerprint density at radius 1 is 1.11 bits per heavy atom. The first kappa shape index (κ1) is 21.9. The smallest absolute Gasteiger partial charge is 0.339 e. The Balaban J connectivity index is 2.39. The molecule has 0 spiro atoms. The summed E-state index contributed by atoms with van der Waals surface area (Å²) in [6.07, 6.45) is -1.16. The number of esters is 1. The van der Waals surface area contributed by atoms with Crippen molar-refractivity contribution in [3.63, 3.8) is 0 Å². The molecule has 0 saturated carbocycles. The van der Waals surface area contributed by atoms with E-state index in [-0.39, 0.29) is 16.5 Å². The molecule has 0 fully saturated rings. The number of halogens is 1. The lowest BCUT2D eigenvalue weighted by molar-refractivity contribution is -0.140. The van der Waals surface area contributed by atoms with Crippen molar-refractivity contribution >= 4 is 33.5 Å². The number of rotatable bonds is 7. The summed E-state index contributed by atoms with van der Waals surface area (Å²) in [5, 5.41) is 5.00. The van der Waals surface area contributed by atoms with Gasteiger partial charge in [-0.3, -0.25) is 4.79 Å². The summed E-state index contributed by atoms with van der Waals surface area (Å²) < 4.78 is 28.7. The summed E-state index contributed by atoms with van der Waals surface area (Å²) in [7, 11) is -4.12. The van der Waals surface area contributed by atoms with Gasteiger partial charge in [-0.15, -0.1) is 0 Å². The van der Waals surface area contributed by atoms with E-state index in [1.54, 1.807) is 35.2 Å². The van der Waals surface area contributed by atoms with Crippen LogP contribution in [0.25, 0.3) is 0 Å². The molecule has 28 heavy (non-hydrogen) atoms. The highest BCUT2D eigenvalue weighted by Crippen LogP contribution is 2.25. The highest BCUT2D eigenvalue weighted by atomic mass is 35.5. The molecule has 9 heteroatoms. The third-order valence-electron chi connectivity index (χ3n) is 4.10. The molecule has 2 aromatic rings. The van der Waals surface area contributed by atoms with Gasteiger partial charge in [-0.05, 0) is 32.0 Å². The zero-order valence-corrected chi connectivity index (χ0v) is 17.0. The van der Waals surface area contributed by atoms with Gasteiger partial charge < -0.3 is 9.64 Å². The molecule has 0 aromatic heterocycles. The van der Waals surface area contributed by atoms with Crippen LogP contribution in [0, 0.1) is 0 Å². The van der Waals surface area contributed by atoms with Crippen LogP contribution in [0.5, 0.6) is 0 Å². The molecule has 0 heterocycles. The van der Waals surface area contributed by atoms with Crippen LogP contribution in [0.15, 0.2) is 53.4 Å². The molecule has 7 nitrogen and oxygen atoms in total. The molecular formula is C19H21ClN2O5S. The van der Waals surface area contributed by atoms with Crippen molar-refractivity contribution in [2.75, 3.05) is 13.1 Å². The van der Waals surface area contributed by atoms with E-state index in [1.165, 1.54) is 12.1 Å². The van der Waals surface area contributed by atoms with Gasteiger partial charge in [-0.25, -0.2) is 18.4 Å². The number of amides is 1. The van der Waals surface area contributed by atoms with Gasteiger partial charge in [0.25, 0.3) is 5.91 Å². The molecule has 0 bridgehead atoms. The second-order valence-corrected chi connectivity index (χ2v) is 7.83. The van der Waals surface area contributed by atoms with Crippen molar-refractivity contribution in [2.24, 2.45) is 5.14 Å². The van der Waals surface area contributed by atoms with Crippen molar-refractivity contribution in [3.8, 4) is 0 Å². The molecule has 0 aliphatic heterocycles. The molecule has 0 saturated heterocycles. The minimum Gasteiger partial charge on any atom is -0.444 e. The Labute approximate surface area is 169 Å². The molecule has 1 unspecified atom stereocenters. The molecule has 2 N–H and O–H groups in total. The SMILES string of the molecule is CCN(CC)C(=O)C(OC(=O)c1ccc(Cl)c(S(N)(=O)=O)c1)c1ccccc1. The van der Waals surface area contributed by atoms with Crippen molar-refractivity contribution in [1.82, 2.24) is 4.90 Å². The fourth-order valence-electron chi connectivity index (χ4n) is 2.61. The van der Waals surface area contributed by atoms with Crippen LogP contribution in [0.3, 0.4) is 0 Å². The Morgan fingerprint density at radius 2 is 1.71 bits per heavy atom. The Bertz CT molecular complexity index is 960. The molecule has 1 amide bonds. The van der Waals surface area contributed by atoms with Crippen molar-refractivity contribution in [2.45, 2.75) is 24.8 Å². The average molecular weight is 425 g/mol. The number of hydrogen-bond acceptors (Lipinski definition) is 5. The first-order valence-corrected chi connectivity index (χ1v) is 10.5.